The zero-order chi connectivity index (χ0) is 21.8. The summed E-state index contributed by atoms with van der Waals surface area (Å²) in [5, 5.41) is 9.28. The molecule has 0 saturated carbocycles. The number of aryl methyl sites for hydroxylation is 2. The Morgan fingerprint density at radius 1 is 1.19 bits per heavy atom. The summed E-state index contributed by atoms with van der Waals surface area (Å²) in [6.07, 6.45) is 3.50. The maximum Gasteiger partial charge on any atom is 0.272 e. The number of aromatic nitrogens is 3. The number of hydrazone groups is 1. The first-order valence-electron chi connectivity index (χ1n) is 10.0. The lowest BCUT2D eigenvalue weighted by atomic mass is 10.0. The average Bonchev–Trinajstić information content (AvgIpc) is 3.17. The molecule has 2 aromatic heterocycles. The largest absolute Gasteiger partial charge is 0.496 e. The summed E-state index contributed by atoms with van der Waals surface area (Å²) in [6.45, 7) is 4.70. The number of ether oxygens (including phenoxy) is 1. The van der Waals surface area contributed by atoms with Crippen LogP contribution >= 0.6 is 0 Å². The highest BCUT2D eigenvalue weighted by Crippen LogP contribution is 2.31. The number of hydrogen-bond acceptors (Lipinski definition) is 5. The van der Waals surface area contributed by atoms with Crippen molar-refractivity contribution in [2.45, 2.75) is 20.4 Å². The van der Waals surface area contributed by atoms with Gasteiger partial charge in [-0.15, -0.1) is 0 Å². The second kappa shape index (κ2) is 8.79. The summed E-state index contributed by atoms with van der Waals surface area (Å²) in [5.74, 6) is 0.379. The number of fused-ring (bicyclic) bond motifs is 1. The third kappa shape index (κ3) is 4.16. The van der Waals surface area contributed by atoms with Gasteiger partial charge in [0.15, 0.2) is 0 Å². The van der Waals surface area contributed by atoms with E-state index in [1.54, 1.807) is 19.4 Å². The van der Waals surface area contributed by atoms with Gasteiger partial charge >= 0.3 is 0 Å². The third-order valence-corrected chi connectivity index (χ3v) is 5.02. The molecule has 7 nitrogen and oxygen atoms in total. The highest BCUT2D eigenvalue weighted by atomic mass is 16.5. The van der Waals surface area contributed by atoms with Gasteiger partial charge in [-0.1, -0.05) is 30.3 Å². The van der Waals surface area contributed by atoms with Crippen molar-refractivity contribution in [3.8, 4) is 17.0 Å². The van der Waals surface area contributed by atoms with Crippen molar-refractivity contribution in [1.29, 1.82) is 0 Å². The summed E-state index contributed by atoms with van der Waals surface area (Å²) >= 11 is 0. The summed E-state index contributed by atoms with van der Waals surface area (Å²) in [7, 11) is 1.62. The molecule has 0 bridgehead atoms. The number of benzene rings is 2. The van der Waals surface area contributed by atoms with Crippen LogP contribution < -0.4 is 10.2 Å². The van der Waals surface area contributed by atoms with E-state index in [-0.39, 0.29) is 5.91 Å². The van der Waals surface area contributed by atoms with Crippen LogP contribution in [0.4, 0.5) is 0 Å². The first-order valence-corrected chi connectivity index (χ1v) is 10.0. The van der Waals surface area contributed by atoms with E-state index in [1.807, 2.05) is 73.3 Å². The van der Waals surface area contributed by atoms with Crippen LogP contribution in [-0.4, -0.2) is 34.0 Å². The van der Waals surface area contributed by atoms with Gasteiger partial charge in [-0.2, -0.15) is 10.2 Å². The Bertz CT molecular complexity index is 1280. The number of carbonyl (C=O) groups excluding carboxylic acids is 1. The first-order chi connectivity index (χ1) is 15.1. The van der Waals surface area contributed by atoms with E-state index in [9.17, 15) is 4.79 Å². The molecule has 0 fully saturated rings. The van der Waals surface area contributed by atoms with Gasteiger partial charge < -0.3 is 4.74 Å². The van der Waals surface area contributed by atoms with E-state index in [0.29, 0.717) is 17.0 Å². The van der Waals surface area contributed by atoms with Crippen LogP contribution in [0.3, 0.4) is 0 Å². The van der Waals surface area contributed by atoms with Crippen LogP contribution in [0.1, 0.15) is 28.5 Å². The molecule has 7 heteroatoms. The normalized spacial score (nSPS) is 11.2. The van der Waals surface area contributed by atoms with Gasteiger partial charge in [0, 0.05) is 29.3 Å². The summed E-state index contributed by atoms with van der Waals surface area (Å²) in [4.78, 5) is 17.8. The van der Waals surface area contributed by atoms with Crippen molar-refractivity contribution in [3.63, 3.8) is 0 Å². The minimum atomic E-state index is -0.313. The summed E-state index contributed by atoms with van der Waals surface area (Å²) in [5.41, 5.74) is 7.03. The van der Waals surface area contributed by atoms with Crippen molar-refractivity contribution in [1.82, 2.24) is 20.2 Å². The van der Waals surface area contributed by atoms with Crippen molar-refractivity contribution in [3.05, 3.63) is 77.6 Å². The smallest absolute Gasteiger partial charge is 0.272 e. The van der Waals surface area contributed by atoms with E-state index < -0.39 is 0 Å². The zero-order valence-electron chi connectivity index (χ0n) is 17.7. The molecule has 0 aliphatic rings. The molecule has 4 rings (SSSR count). The molecule has 0 radical (unpaired) electrons. The van der Waals surface area contributed by atoms with Crippen molar-refractivity contribution in [2.24, 2.45) is 5.10 Å². The molecule has 1 amide bonds. The molecule has 1 N–H and O–H groups in total. The van der Waals surface area contributed by atoms with Gasteiger partial charge in [-0.3, -0.25) is 9.48 Å². The van der Waals surface area contributed by atoms with Crippen LogP contribution in [0.2, 0.25) is 0 Å². The minimum Gasteiger partial charge on any atom is -0.496 e. The van der Waals surface area contributed by atoms with Gasteiger partial charge in [0.2, 0.25) is 0 Å². The van der Waals surface area contributed by atoms with E-state index in [0.717, 1.165) is 34.3 Å². The number of nitrogens with one attached hydrogen (secondary N) is 1. The predicted octanol–water partition coefficient (Wildman–Crippen LogP) is 4.20. The Labute approximate surface area is 180 Å². The van der Waals surface area contributed by atoms with Gasteiger partial charge in [0.05, 0.1) is 35.8 Å². The Morgan fingerprint density at radius 2 is 1.97 bits per heavy atom. The lowest BCUT2D eigenvalue weighted by Gasteiger charge is -2.11. The minimum absolute atomic E-state index is 0.313. The molecule has 0 aliphatic carbocycles. The Balaban J connectivity index is 1.69. The molecule has 4 aromatic rings. The Morgan fingerprint density at radius 3 is 2.74 bits per heavy atom. The van der Waals surface area contributed by atoms with Crippen molar-refractivity contribution in [2.75, 3.05) is 7.11 Å². The van der Waals surface area contributed by atoms with Crippen molar-refractivity contribution < 1.29 is 9.53 Å². The molecule has 0 atom stereocenters. The number of nitrogens with zero attached hydrogens (tertiary/aromatic N) is 4. The standard InChI is InChI=1S/C24H23N5O2/c1-4-29-15-17(16(2)28-29)14-25-27-24(30)20-13-22(19-10-6-8-12-23(19)31-3)26-21-11-7-5-9-18(20)21/h5-15H,4H2,1-3H3,(H,27,30)/b25-14+. The molecular weight excluding hydrogens is 390 g/mol. The van der Waals surface area contributed by atoms with E-state index in [1.165, 1.54) is 0 Å². The van der Waals surface area contributed by atoms with E-state index in [2.05, 4.69) is 15.6 Å². The number of hydrogen-bond donors (Lipinski definition) is 1. The number of methoxy groups -OCH3 is 1. The summed E-state index contributed by atoms with van der Waals surface area (Å²) < 4.78 is 7.30. The van der Waals surface area contributed by atoms with Crippen LogP contribution in [0.25, 0.3) is 22.2 Å². The van der Waals surface area contributed by atoms with Crippen LogP contribution in [-0.2, 0) is 6.54 Å². The fraction of sp³-hybridized carbons (Fsp3) is 0.167. The SMILES string of the molecule is CCn1cc(/C=N/NC(=O)c2cc(-c3ccccc3OC)nc3ccccc23)c(C)n1. The maximum absolute atomic E-state index is 13.0. The molecule has 2 heterocycles. The monoisotopic (exact) mass is 413 g/mol. The van der Waals surface area contributed by atoms with E-state index in [4.69, 9.17) is 9.72 Å². The van der Waals surface area contributed by atoms with Gasteiger partial charge in [0.1, 0.15) is 5.75 Å². The molecular formula is C24H23N5O2. The fourth-order valence-corrected chi connectivity index (χ4v) is 3.40. The lowest BCUT2D eigenvalue weighted by molar-refractivity contribution is 0.0956. The van der Waals surface area contributed by atoms with Gasteiger partial charge in [0.25, 0.3) is 5.91 Å². The molecule has 0 aliphatic heterocycles. The number of pyridine rings is 1. The highest BCUT2D eigenvalue weighted by molar-refractivity contribution is 6.07. The maximum atomic E-state index is 13.0. The quantitative estimate of drug-likeness (QED) is 0.379. The second-order valence-electron chi connectivity index (χ2n) is 7.00. The third-order valence-electron chi connectivity index (χ3n) is 5.02. The molecule has 31 heavy (non-hydrogen) atoms. The van der Waals surface area contributed by atoms with Gasteiger partial charge in [-0.25, -0.2) is 10.4 Å². The van der Waals surface area contributed by atoms with E-state index >= 15 is 0 Å². The molecule has 156 valence electrons. The lowest BCUT2D eigenvalue weighted by Crippen LogP contribution is -2.18. The molecule has 0 spiro atoms. The predicted molar refractivity (Wildman–Crippen MR) is 121 cm³/mol. The topological polar surface area (TPSA) is 81.4 Å². The number of para-hydroxylation sites is 2. The zero-order valence-corrected chi connectivity index (χ0v) is 17.7. The summed E-state index contributed by atoms with van der Waals surface area (Å²) in [6, 6.07) is 16.9. The average molecular weight is 413 g/mol. The first kappa shape index (κ1) is 20.3. The molecule has 0 saturated heterocycles. The molecule has 0 unspecified atom stereocenters. The Hall–Kier alpha value is -4.00. The van der Waals surface area contributed by atoms with Crippen LogP contribution in [0.15, 0.2) is 65.9 Å². The molecule has 2 aromatic carbocycles. The van der Waals surface area contributed by atoms with Gasteiger partial charge in [-0.05, 0) is 38.1 Å². The Kier molecular flexibility index (Phi) is 5.75. The van der Waals surface area contributed by atoms with Crippen LogP contribution in [0, 0.1) is 6.92 Å². The van der Waals surface area contributed by atoms with Crippen molar-refractivity contribution >= 4 is 23.0 Å². The number of amides is 1. The number of carbonyl (C=O) groups is 1. The highest BCUT2D eigenvalue weighted by Gasteiger charge is 2.15. The van der Waals surface area contributed by atoms with Crippen LogP contribution in [0.5, 0.6) is 5.75 Å². The fourth-order valence-electron chi connectivity index (χ4n) is 3.40. The number of rotatable bonds is 6. The second-order valence-corrected chi connectivity index (χ2v) is 7.00.